The van der Waals surface area contributed by atoms with Crippen LogP contribution < -0.4 is 5.56 Å². The van der Waals surface area contributed by atoms with Gasteiger partial charge in [-0.15, -0.1) is 0 Å². The zero-order valence-electron chi connectivity index (χ0n) is 17.7. The van der Waals surface area contributed by atoms with Gasteiger partial charge in [-0.1, -0.05) is 34.6 Å². The first kappa shape index (κ1) is 23.3. The van der Waals surface area contributed by atoms with Crippen LogP contribution >= 0.6 is 27.7 Å². The Labute approximate surface area is 190 Å². The highest BCUT2D eigenvalue weighted by Gasteiger charge is 2.25. The molecule has 1 aliphatic rings. The van der Waals surface area contributed by atoms with Gasteiger partial charge in [-0.05, 0) is 57.2 Å². The summed E-state index contributed by atoms with van der Waals surface area (Å²) < 4.78 is 7.97. The van der Waals surface area contributed by atoms with Gasteiger partial charge in [0.1, 0.15) is 0 Å². The van der Waals surface area contributed by atoms with Crippen molar-refractivity contribution >= 4 is 44.5 Å². The number of likely N-dealkylation sites (tertiary alicyclic amines) is 1. The van der Waals surface area contributed by atoms with E-state index < -0.39 is 0 Å². The average molecular weight is 496 g/mol. The molecule has 0 spiro atoms. The normalized spacial score (nSPS) is 16.9. The third-order valence-corrected chi connectivity index (χ3v) is 6.95. The monoisotopic (exact) mass is 495 g/mol. The number of halogens is 1. The highest BCUT2D eigenvalue weighted by Crippen LogP contribution is 2.24. The molecule has 8 heteroatoms. The minimum atomic E-state index is -0.0721. The maximum absolute atomic E-state index is 13.2. The Kier molecular flexibility index (Phi) is 8.77. The molecule has 1 fully saturated rings. The number of ether oxygens (including phenoxy) is 1. The average Bonchev–Trinajstić information content (AvgIpc) is 2.76. The van der Waals surface area contributed by atoms with Gasteiger partial charge in [-0.3, -0.25) is 14.2 Å². The lowest BCUT2D eigenvalue weighted by Crippen LogP contribution is -2.44. The number of carbonyl (C=O) groups excluding carboxylic acids is 1. The standard InChI is InChI=1S/C22H30BrN3O3S/c1-3-17-8-5-6-11-25(17)20(27)15-30-22-24-19-10-9-16(23)14-18(19)21(28)26(22)12-7-13-29-4-2/h9-10,14,17H,3-8,11-13,15H2,1-2H3. The minimum Gasteiger partial charge on any atom is -0.382 e. The molecule has 3 rings (SSSR count). The second kappa shape index (κ2) is 11.3. The van der Waals surface area contributed by atoms with Gasteiger partial charge in [0.2, 0.25) is 5.91 Å². The summed E-state index contributed by atoms with van der Waals surface area (Å²) in [5, 5.41) is 1.18. The predicted octanol–water partition coefficient (Wildman–Crippen LogP) is 4.47. The summed E-state index contributed by atoms with van der Waals surface area (Å²) in [6.07, 6.45) is 5.05. The van der Waals surface area contributed by atoms with Gasteiger partial charge in [0.25, 0.3) is 5.56 Å². The van der Waals surface area contributed by atoms with Crippen molar-refractivity contribution in [3.05, 3.63) is 33.0 Å². The Morgan fingerprint density at radius 1 is 1.33 bits per heavy atom. The van der Waals surface area contributed by atoms with Crippen molar-refractivity contribution in [1.29, 1.82) is 0 Å². The number of carbonyl (C=O) groups is 1. The van der Waals surface area contributed by atoms with Gasteiger partial charge in [-0.2, -0.15) is 0 Å². The molecule has 0 N–H and O–H groups in total. The van der Waals surface area contributed by atoms with E-state index in [9.17, 15) is 9.59 Å². The molecule has 2 aromatic rings. The van der Waals surface area contributed by atoms with E-state index in [1.807, 2.05) is 30.0 Å². The summed E-state index contributed by atoms with van der Waals surface area (Å²) in [4.78, 5) is 32.8. The van der Waals surface area contributed by atoms with Gasteiger partial charge < -0.3 is 9.64 Å². The van der Waals surface area contributed by atoms with Gasteiger partial charge in [0, 0.05) is 36.8 Å². The highest BCUT2D eigenvalue weighted by atomic mass is 79.9. The van der Waals surface area contributed by atoms with Crippen LogP contribution in [0.2, 0.25) is 0 Å². The molecule has 0 bridgehead atoms. The molecule has 1 aliphatic heterocycles. The second-order valence-electron chi connectivity index (χ2n) is 7.50. The number of hydrogen-bond donors (Lipinski definition) is 0. The summed E-state index contributed by atoms with van der Waals surface area (Å²) >= 11 is 4.80. The zero-order valence-corrected chi connectivity index (χ0v) is 20.1. The topological polar surface area (TPSA) is 64.4 Å². The van der Waals surface area contributed by atoms with Crippen molar-refractivity contribution in [2.45, 2.75) is 63.7 Å². The van der Waals surface area contributed by atoms with Crippen LogP contribution in [-0.2, 0) is 16.1 Å². The van der Waals surface area contributed by atoms with Crippen molar-refractivity contribution < 1.29 is 9.53 Å². The van der Waals surface area contributed by atoms with E-state index in [2.05, 4.69) is 22.9 Å². The summed E-state index contributed by atoms with van der Waals surface area (Å²) in [6.45, 7) is 6.70. The number of piperidine rings is 1. The highest BCUT2D eigenvalue weighted by molar-refractivity contribution is 9.10. The van der Waals surface area contributed by atoms with E-state index in [0.717, 1.165) is 36.7 Å². The molecule has 1 saturated heterocycles. The zero-order chi connectivity index (χ0) is 21.5. The molecule has 2 heterocycles. The second-order valence-corrected chi connectivity index (χ2v) is 9.35. The number of nitrogens with zero attached hydrogens (tertiary/aromatic N) is 3. The Morgan fingerprint density at radius 2 is 2.17 bits per heavy atom. The third kappa shape index (κ3) is 5.65. The molecule has 1 atom stereocenters. The Hall–Kier alpha value is -1.38. The van der Waals surface area contributed by atoms with E-state index >= 15 is 0 Å². The first-order valence-corrected chi connectivity index (χ1v) is 12.5. The van der Waals surface area contributed by atoms with Crippen LogP contribution in [0.4, 0.5) is 0 Å². The van der Waals surface area contributed by atoms with Crippen LogP contribution in [-0.4, -0.2) is 51.9 Å². The van der Waals surface area contributed by atoms with Crippen LogP contribution in [0.3, 0.4) is 0 Å². The lowest BCUT2D eigenvalue weighted by Gasteiger charge is -2.35. The van der Waals surface area contributed by atoms with Gasteiger partial charge >= 0.3 is 0 Å². The number of hydrogen-bond acceptors (Lipinski definition) is 5. The minimum absolute atomic E-state index is 0.0721. The van der Waals surface area contributed by atoms with Crippen molar-refractivity contribution in [2.75, 3.05) is 25.5 Å². The quantitative estimate of drug-likeness (QED) is 0.291. The molecular formula is C22H30BrN3O3S. The van der Waals surface area contributed by atoms with Crippen LogP contribution in [0.25, 0.3) is 10.9 Å². The SMILES string of the molecule is CCOCCCn1c(SCC(=O)N2CCCCC2CC)nc2ccc(Br)cc2c1=O. The fraction of sp³-hybridized carbons (Fsp3) is 0.591. The molecule has 1 aromatic carbocycles. The number of rotatable bonds is 9. The fourth-order valence-corrected chi connectivity index (χ4v) is 5.18. The summed E-state index contributed by atoms with van der Waals surface area (Å²) in [5.74, 6) is 0.439. The van der Waals surface area contributed by atoms with Gasteiger partial charge in [0.05, 0.1) is 16.7 Å². The van der Waals surface area contributed by atoms with Gasteiger partial charge in [0.15, 0.2) is 5.16 Å². The van der Waals surface area contributed by atoms with Crippen LogP contribution in [0.5, 0.6) is 0 Å². The molecule has 1 amide bonds. The first-order chi connectivity index (χ1) is 14.5. The van der Waals surface area contributed by atoms with Crippen molar-refractivity contribution in [3.63, 3.8) is 0 Å². The molecule has 0 radical (unpaired) electrons. The van der Waals surface area contributed by atoms with E-state index in [1.54, 1.807) is 4.57 Å². The van der Waals surface area contributed by atoms with E-state index in [-0.39, 0.29) is 11.5 Å². The molecule has 1 aromatic heterocycles. The Balaban J connectivity index is 1.82. The predicted molar refractivity (Wildman–Crippen MR) is 125 cm³/mol. The summed E-state index contributed by atoms with van der Waals surface area (Å²) in [6, 6.07) is 5.87. The van der Waals surface area contributed by atoms with E-state index in [1.165, 1.54) is 18.2 Å². The third-order valence-electron chi connectivity index (χ3n) is 5.50. The maximum Gasteiger partial charge on any atom is 0.262 e. The van der Waals surface area contributed by atoms with E-state index in [4.69, 9.17) is 9.72 Å². The fourth-order valence-electron chi connectivity index (χ4n) is 3.91. The smallest absolute Gasteiger partial charge is 0.262 e. The lowest BCUT2D eigenvalue weighted by molar-refractivity contribution is -0.132. The van der Waals surface area contributed by atoms with E-state index in [0.29, 0.717) is 47.6 Å². The molecule has 30 heavy (non-hydrogen) atoms. The molecule has 6 nitrogen and oxygen atoms in total. The number of amides is 1. The van der Waals surface area contributed by atoms with Crippen molar-refractivity contribution in [1.82, 2.24) is 14.5 Å². The van der Waals surface area contributed by atoms with Crippen LogP contribution in [0.15, 0.2) is 32.6 Å². The van der Waals surface area contributed by atoms with Crippen LogP contribution in [0, 0.1) is 0 Å². The number of thioether (sulfide) groups is 1. The van der Waals surface area contributed by atoms with Gasteiger partial charge in [-0.25, -0.2) is 4.98 Å². The summed E-state index contributed by atoms with van der Waals surface area (Å²) in [5.41, 5.74) is 0.584. The van der Waals surface area contributed by atoms with Crippen molar-refractivity contribution in [3.8, 4) is 0 Å². The first-order valence-electron chi connectivity index (χ1n) is 10.7. The molecule has 0 saturated carbocycles. The maximum atomic E-state index is 13.2. The number of aromatic nitrogens is 2. The van der Waals surface area contributed by atoms with Crippen LogP contribution in [0.1, 0.15) is 46.0 Å². The Morgan fingerprint density at radius 3 is 2.93 bits per heavy atom. The molecule has 0 aliphatic carbocycles. The molecular weight excluding hydrogens is 466 g/mol. The largest absolute Gasteiger partial charge is 0.382 e. The number of benzene rings is 1. The summed E-state index contributed by atoms with van der Waals surface area (Å²) in [7, 11) is 0. The molecule has 1 unspecified atom stereocenters. The molecule has 164 valence electrons. The van der Waals surface area contributed by atoms with Crippen molar-refractivity contribution in [2.24, 2.45) is 0 Å². The number of fused-ring (bicyclic) bond motifs is 1. The lowest BCUT2D eigenvalue weighted by atomic mass is 10.0. The Bertz CT molecular complexity index is 934.